The molecule has 1 rings (SSSR count). The van der Waals surface area contributed by atoms with Crippen molar-refractivity contribution in [1.82, 2.24) is 5.32 Å². The number of ether oxygens (including phenoxy) is 1. The van der Waals surface area contributed by atoms with Gasteiger partial charge in [-0.05, 0) is 25.3 Å². The maximum Gasteiger partial charge on any atom is 0.124 e. The second kappa shape index (κ2) is 7.20. The molecule has 0 amide bonds. The molecule has 0 aliphatic carbocycles. The Hall–Kier alpha value is -0.190. The fourth-order valence-corrected chi connectivity index (χ4v) is 2.42. The van der Waals surface area contributed by atoms with E-state index >= 15 is 0 Å². The maximum atomic E-state index is 5.34. The molecule has 16 heavy (non-hydrogen) atoms. The number of rotatable bonds is 6. The van der Waals surface area contributed by atoms with Gasteiger partial charge in [0.2, 0.25) is 0 Å². The van der Waals surface area contributed by atoms with Crippen molar-refractivity contribution >= 4 is 27.7 Å². The molecule has 0 spiro atoms. The van der Waals surface area contributed by atoms with Crippen molar-refractivity contribution in [1.29, 1.82) is 0 Å². The topological polar surface area (TPSA) is 21.3 Å². The first kappa shape index (κ1) is 13.9. The van der Waals surface area contributed by atoms with E-state index in [9.17, 15) is 0 Å². The van der Waals surface area contributed by atoms with Crippen molar-refractivity contribution in [3.63, 3.8) is 0 Å². The Morgan fingerprint density at radius 2 is 2.25 bits per heavy atom. The van der Waals surface area contributed by atoms with Crippen LogP contribution in [0.2, 0.25) is 0 Å². The third kappa shape index (κ3) is 4.36. The summed E-state index contributed by atoms with van der Waals surface area (Å²) >= 11 is 5.29. The molecule has 90 valence electrons. The normalized spacial score (nSPS) is 12.5. The number of hydrogen-bond acceptors (Lipinski definition) is 3. The van der Waals surface area contributed by atoms with E-state index in [1.807, 2.05) is 23.9 Å². The molecule has 0 saturated heterocycles. The van der Waals surface area contributed by atoms with Gasteiger partial charge in [-0.1, -0.05) is 22.0 Å². The Balaban J connectivity index is 2.59. The van der Waals surface area contributed by atoms with E-state index in [0.29, 0.717) is 6.04 Å². The third-order valence-corrected chi connectivity index (χ3v) is 3.63. The van der Waals surface area contributed by atoms with Gasteiger partial charge in [-0.15, -0.1) is 0 Å². The largest absolute Gasteiger partial charge is 0.496 e. The number of halogens is 1. The summed E-state index contributed by atoms with van der Waals surface area (Å²) < 4.78 is 6.39. The average Bonchev–Trinajstić information content (AvgIpc) is 2.27. The molecule has 0 radical (unpaired) electrons. The minimum absolute atomic E-state index is 0.517. The molecule has 1 unspecified atom stereocenters. The van der Waals surface area contributed by atoms with E-state index < -0.39 is 0 Å². The molecule has 1 N–H and O–H groups in total. The minimum atomic E-state index is 0.517. The summed E-state index contributed by atoms with van der Waals surface area (Å²) in [7, 11) is 1.70. The van der Waals surface area contributed by atoms with Crippen LogP contribution >= 0.6 is 27.7 Å². The van der Waals surface area contributed by atoms with Crippen molar-refractivity contribution in [2.45, 2.75) is 19.5 Å². The monoisotopic (exact) mass is 303 g/mol. The predicted octanol–water partition coefficient (Wildman–Crippen LogP) is 3.30. The Kier molecular flexibility index (Phi) is 6.24. The van der Waals surface area contributed by atoms with Crippen LogP contribution in [0.1, 0.15) is 12.5 Å². The third-order valence-electron chi connectivity index (χ3n) is 2.31. The van der Waals surface area contributed by atoms with Crippen LogP contribution in [0.4, 0.5) is 0 Å². The van der Waals surface area contributed by atoms with Gasteiger partial charge in [-0.3, -0.25) is 0 Å². The zero-order valence-corrected chi connectivity index (χ0v) is 12.3. The fraction of sp³-hybridized carbons (Fsp3) is 0.500. The highest BCUT2D eigenvalue weighted by molar-refractivity contribution is 9.10. The van der Waals surface area contributed by atoms with E-state index in [-0.39, 0.29) is 0 Å². The Morgan fingerprint density at radius 1 is 1.50 bits per heavy atom. The van der Waals surface area contributed by atoms with Crippen molar-refractivity contribution < 1.29 is 4.74 Å². The zero-order chi connectivity index (χ0) is 12.0. The lowest BCUT2D eigenvalue weighted by atomic mass is 10.2. The lowest BCUT2D eigenvalue weighted by Crippen LogP contribution is -2.27. The molecular weight excluding hydrogens is 286 g/mol. The van der Waals surface area contributed by atoms with Gasteiger partial charge in [0.05, 0.1) is 7.11 Å². The van der Waals surface area contributed by atoms with Crippen LogP contribution < -0.4 is 10.1 Å². The standard InChI is InChI=1S/C12H18BrNOS/c1-9(8-16-3)14-7-10-4-5-11(13)6-12(10)15-2/h4-6,9,14H,7-8H2,1-3H3. The van der Waals surface area contributed by atoms with Gasteiger partial charge >= 0.3 is 0 Å². The van der Waals surface area contributed by atoms with Gasteiger partial charge in [0, 0.05) is 28.4 Å². The molecule has 1 atom stereocenters. The van der Waals surface area contributed by atoms with Crippen LogP contribution in [0.25, 0.3) is 0 Å². The number of methoxy groups -OCH3 is 1. The van der Waals surface area contributed by atoms with Crippen LogP contribution in [0, 0.1) is 0 Å². The van der Waals surface area contributed by atoms with E-state index in [0.717, 1.165) is 22.5 Å². The van der Waals surface area contributed by atoms with Crippen LogP contribution in [0.3, 0.4) is 0 Å². The summed E-state index contributed by atoms with van der Waals surface area (Å²) in [5.41, 5.74) is 1.19. The van der Waals surface area contributed by atoms with Gasteiger partial charge in [0.1, 0.15) is 5.75 Å². The van der Waals surface area contributed by atoms with Crippen molar-refractivity contribution in [2.24, 2.45) is 0 Å². The van der Waals surface area contributed by atoms with E-state index in [2.05, 4.69) is 40.5 Å². The maximum absolute atomic E-state index is 5.34. The van der Waals surface area contributed by atoms with Crippen molar-refractivity contribution in [2.75, 3.05) is 19.1 Å². The molecule has 0 aliphatic rings. The summed E-state index contributed by atoms with van der Waals surface area (Å²) in [6, 6.07) is 6.64. The minimum Gasteiger partial charge on any atom is -0.496 e. The summed E-state index contributed by atoms with van der Waals surface area (Å²) in [5, 5.41) is 3.48. The number of nitrogens with one attached hydrogen (secondary N) is 1. The van der Waals surface area contributed by atoms with E-state index in [4.69, 9.17) is 4.74 Å². The highest BCUT2D eigenvalue weighted by atomic mass is 79.9. The number of benzene rings is 1. The lowest BCUT2D eigenvalue weighted by Gasteiger charge is -2.14. The second-order valence-electron chi connectivity index (χ2n) is 3.69. The SMILES string of the molecule is COc1cc(Br)ccc1CNC(C)CSC. The fourth-order valence-electron chi connectivity index (χ4n) is 1.46. The molecule has 0 aromatic heterocycles. The zero-order valence-electron chi connectivity index (χ0n) is 9.92. The highest BCUT2D eigenvalue weighted by Crippen LogP contribution is 2.23. The molecule has 0 fully saturated rings. The van der Waals surface area contributed by atoms with Gasteiger partial charge in [-0.25, -0.2) is 0 Å². The smallest absolute Gasteiger partial charge is 0.124 e. The van der Waals surface area contributed by atoms with E-state index in [1.54, 1.807) is 7.11 Å². The molecular formula is C12H18BrNOS. The Bertz CT molecular complexity index is 333. The molecule has 4 heteroatoms. The summed E-state index contributed by atoms with van der Waals surface area (Å²) in [6.45, 7) is 3.04. The van der Waals surface area contributed by atoms with Gasteiger partial charge in [0.15, 0.2) is 0 Å². The average molecular weight is 304 g/mol. The Morgan fingerprint density at radius 3 is 2.88 bits per heavy atom. The van der Waals surface area contributed by atoms with Crippen molar-refractivity contribution in [3.05, 3.63) is 28.2 Å². The summed E-state index contributed by atoms with van der Waals surface area (Å²) in [6.07, 6.45) is 2.12. The summed E-state index contributed by atoms with van der Waals surface area (Å²) in [4.78, 5) is 0. The van der Waals surface area contributed by atoms with Gasteiger partial charge < -0.3 is 10.1 Å². The Labute approximate surface area is 110 Å². The number of thioether (sulfide) groups is 1. The molecule has 2 nitrogen and oxygen atoms in total. The van der Waals surface area contributed by atoms with E-state index in [1.165, 1.54) is 5.56 Å². The molecule has 1 aromatic carbocycles. The van der Waals surface area contributed by atoms with Crippen LogP contribution in [-0.4, -0.2) is 25.2 Å². The first-order chi connectivity index (χ1) is 7.67. The summed E-state index contributed by atoms with van der Waals surface area (Å²) in [5.74, 6) is 2.05. The van der Waals surface area contributed by atoms with Crippen LogP contribution in [0.5, 0.6) is 5.75 Å². The first-order valence-corrected chi connectivity index (χ1v) is 7.40. The predicted molar refractivity (Wildman–Crippen MR) is 75.4 cm³/mol. The van der Waals surface area contributed by atoms with Crippen molar-refractivity contribution in [3.8, 4) is 5.75 Å². The quantitative estimate of drug-likeness (QED) is 0.871. The number of hydrogen-bond donors (Lipinski definition) is 1. The molecule has 0 heterocycles. The molecule has 0 aliphatic heterocycles. The lowest BCUT2D eigenvalue weighted by molar-refractivity contribution is 0.406. The van der Waals surface area contributed by atoms with Crippen LogP contribution in [0.15, 0.2) is 22.7 Å². The van der Waals surface area contributed by atoms with Gasteiger partial charge in [0.25, 0.3) is 0 Å². The second-order valence-corrected chi connectivity index (χ2v) is 5.52. The molecule has 0 saturated carbocycles. The highest BCUT2D eigenvalue weighted by Gasteiger charge is 2.05. The first-order valence-electron chi connectivity index (χ1n) is 5.22. The van der Waals surface area contributed by atoms with Crippen LogP contribution in [-0.2, 0) is 6.54 Å². The van der Waals surface area contributed by atoms with Gasteiger partial charge in [-0.2, -0.15) is 11.8 Å². The molecule has 0 bridgehead atoms. The molecule has 1 aromatic rings.